The van der Waals surface area contributed by atoms with Crippen molar-refractivity contribution in [2.24, 2.45) is 16.7 Å². The molecule has 2 aromatic rings. The summed E-state index contributed by atoms with van der Waals surface area (Å²) in [6.45, 7) is 2.01. The van der Waals surface area contributed by atoms with Crippen LogP contribution in [0.3, 0.4) is 0 Å². The lowest BCUT2D eigenvalue weighted by Crippen LogP contribution is -2.52. The Balaban J connectivity index is 1.42. The van der Waals surface area contributed by atoms with Gasteiger partial charge < -0.3 is 14.9 Å². The molecule has 4 heteroatoms. The smallest absolute Gasteiger partial charge is 0.155 e. The van der Waals surface area contributed by atoms with Crippen LogP contribution in [0.25, 0.3) is 11.1 Å². The van der Waals surface area contributed by atoms with Crippen LogP contribution in [-0.2, 0) is 11.2 Å². The summed E-state index contributed by atoms with van der Waals surface area (Å²) in [7, 11) is 1.69. The summed E-state index contributed by atoms with van der Waals surface area (Å²) in [5.74, 6) is 7.52. The average molecular weight is 521 g/mol. The zero-order chi connectivity index (χ0) is 27.0. The molecule has 39 heavy (non-hydrogen) atoms. The highest BCUT2D eigenvalue weighted by atomic mass is 16.5. The van der Waals surface area contributed by atoms with Gasteiger partial charge in [-0.15, -0.1) is 0 Å². The molecule has 2 N–H and O–H groups in total. The molecule has 7 rings (SSSR count). The van der Waals surface area contributed by atoms with Crippen LogP contribution in [0.2, 0.25) is 0 Å². The van der Waals surface area contributed by atoms with Gasteiger partial charge in [0, 0.05) is 23.2 Å². The van der Waals surface area contributed by atoms with Crippen LogP contribution in [0.1, 0.15) is 68.9 Å². The van der Waals surface area contributed by atoms with Gasteiger partial charge in [-0.25, -0.2) is 0 Å². The van der Waals surface area contributed by atoms with Crippen LogP contribution in [0.15, 0.2) is 65.3 Å². The SMILES string of the molecule is COc1ccc(-c2ccc3c(c2)C[C@]24CCC(=O)C=C2CCC2=C4C3C[C@@]3(C)[C@H]2CC[C@@]3(O)C#CCO)cc1. The predicted molar refractivity (Wildman–Crippen MR) is 151 cm³/mol. The Kier molecular flexibility index (Phi) is 5.54. The molecule has 5 atom stereocenters. The van der Waals surface area contributed by atoms with E-state index in [-0.39, 0.29) is 35.1 Å². The molecule has 1 fully saturated rings. The first-order chi connectivity index (χ1) is 18.8. The maximum absolute atomic E-state index is 12.6. The van der Waals surface area contributed by atoms with Gasteiger partial charge in [0.2, 0.25) is 0 Å². The second kappa shape index (κ2) is 8.68. The summed E-state index contributed by atoms with van der Waals surface area (Å²) in [5, 5.41) is 21.4. The molecule has 0 aromatic heterocycles. The largest absolute Gasteiger partial charge is 0.497 e. The van der Waals surface area contributed by atoms with E-state index in [9.17, 15) is 15.0 Å². The van der Waals surface area contributed by atoms with E-state index in [1.54, 1.807) is 12.7 Å². The second-order valence-corrected chi connectivity index (χ2v) is 12.6. The van der Waals surface area contributed by atoms with Crippen LogP contribution in [-0.4, -0.2) is 35.3 Å². The van der Waals surface area contributed by atoms with Gasteiger partial charge in [0.15, 0.2) is 5.78 Å². The normalized spacial score (nSPS) is 34.2. The molecule has 0 bridgehead atoms. The lowest BCUT2D eigenvalue weighted by Gasteiger charge is -2.58. The van der Waals surface area contributed by atoms with Gasteiger partial charge in [-0.2, -0.15) is 0 Å². The Labute approximate surface area is 230 Å². The molecule has 0 aliphatic heterocycles. The number of allylic oxidation sites excluding steroid dienone is 4. The number of ether oxygens (including phenoxy) is 1. The number of methoxy groups -OCH3 is 1. The molecular weight excluding hydrogens is 484 g/mol. The summed E-state index contributed by atoms with van der Waals surface area (Å²) < 4.78 is 5.37. The Morgan fingerprint density at radius 3 is 2.62 bits per heavy atom. The van der Waals surface area contributed by atoms with Crippen LogP contribution < -0.4 is 4.74 Å². The minimum absolute atomic E-state index is 0.0868. The number of benzene rings is 2. The highest BCUT2D eigenvalue weighted by Gasteiger charge is 2.64. The molecule has 0 amide bonds. The number of carbonyl (C=O) groups is 1. The maximum atomic E-state index is 12.6. The molecule has 1 saturated carbocycles. The third-order valence-electron chi connectivity index (χ3n) is 11.0. The molecule has 4 nitrogen and oxygen atoms in total. The van der Waals surface area contributed by atoms with Crippen molar-refractivity contribution in [1.82, 2.24) is 0 Å². The zero-order valence-electron chi connectivity index (χ0n) is 22.8. The molecule has 1 unspecified atom stereocenters. The van der Waals surface area contributed by atoms with Gasteiger partial charge in [0.05, 0.1) is 7.11 Å². The monoisotopic (exact) mass is 520 g/mol. The van der Waals surface area contributed by atoms with E-state index < -0.39 is 5.60 Å². The molecular formula is C35H36O4. The van der Waals surface area contributed by atoms with Gasteiger partial charge in [0.1, 0.15) is 18.0 Å². The van der Waals surface area contributed by atoms with Gasteiger partial charge in [-0.1, -0.05) is 65.8 Å². The quantitative estimate of drug-likeness (QED) is 0.381. The van der Waals surface area contributed by atoms with Crippen molar-refractivity contribution in [2.45, 2.75) is 69.8 Å². The van der Waals surface area contributed by atoms with E-state index in [0.717, 1.165) is 49.8 Å². The standard InChI is InChI=1S/C35H36O4/c1-33-21-30-28-10-6-23(22-4-8-27(39-2)9-5-22)18-24(28)20-34-15-12-26(37)19-25(34)7-11-29(32(30)34)31(33)13-16-35(33,38)14-3-17-36/h4-6,8-10,18-19,30-31,36,38H,7,11-13,15-17,20-21H2,1-2H3/t30?,31-,33-,34+,35-/m0/s1. The van der Waals surface area contributed by atoms with E-state index in [2.05, 4.69) is 49.1 Å². The van der Waals surface area contributed by atoms with Crippen LogP contribution in [0.4, 0.5) is 0 Å². The van der Waals surface area contributed by atoms with Crippen molar-refractivity contribution in [3.05, 3.63) is 76.4 Å². The fourth-order valence-electron chi connectivity index (χ4n) is 9.13. The highest BCUT2D eigenvalue weighted by molar-refractivity contribution is 5.92. The van der Waals surface area contributed by atoms with Crippen molar-refractivity contribution in [3.8, 4) is 28.7 Å². The van der Waals surface area contributed by atoms with Crippen molar-refractivity contribution < 1.29 is 19.7 Å². The van der Waals surface area contributed by atoms with Gasteiger partial charge >= 0.3 is 0 Å². The predicted octanol–water partition coefficient (Wildman–Crippen LogP) is 5.91. The number of aliphatic hydroxyl groups excluding tert-OH is 1. The zero-order valence-corrected chi connectivity index (χ0v) is 22.8. The first-order valence-electron chi connectivity index (χ1n) is 14.4. The number of ketones is 1. The minimum Gasteiger partial charge on any atom is -0.497 e. The third-order valence-corrected chi connectivity index (χ3v) is 11.0. The molecule has 1 spiro atoms. The number of carbonyl (C=O) groups excluding carboxylic acids is 1. The third kappa shape index (κ3) is 3.43. The maximum Gasteiger partial charge on any atom is 0.155 e. The molecule has 0 radical (unpaired) electrons. The Morgan fingerprint density at radius 2 is 1.85 bits per heavy atom. The van der Waals surface area contributed by atoms with E-state index in [0.29, 0.717) is 12.8 Å². The van der Waals surface area contributed by atoms with Crippen molar-refractivity contribution in [2.75, 3.05) is 13.7 Å². The fraction of sp³-hybridized carbons (Fsp3) is 0.457. The summed E-state index contributed by atoms with van der Waals surface area (Å²) in [6, 6.07) is 15.2. The van der Waals surface area contributed by atoms with Crippen molar-refractivity contribution in [1.29, 1.82) is 0 Å². The summed E-state index contributed by atoms with van der Waals surface area (Å²) in [4.78, 5) is 12.6. The summed E-state index contributed by atoms with van der Waals surface area (Å²) >= 11 is 0. The summed E-state index contributed by atoms with van der Waals surface area (Å²) in [5.41, 5.74) is 7.95. The molecule has 5 aliphatic carbocycles. The Morgan fingerprint density at radius 1 is 1.05 bits per heavy atom. The molecule has 0 saturated heterocycles. The first-order valence-corrected chi connectivity index (χ1v) is 14.4. The molecule has 0 heterocycles. The Hall–Kier alpha value is -3.13. The molecule has 2 aromatic carbocycles. The minimum atomic E-state index is -1.11. The lowest BCUT2D eigenvalue weighted by atomic mass is 9.45. The number of rotatable bonds is 2. The fourth-order valence-corrected chi connectivity index (χ4v) is 9.13. The van der Waals surface area contributed by atoms with Gasteiger partial charge in [-0.05, 0) is 91.3 Å². The van der Waals surface area contributed by atoms with E-state index >= 15 is 0 Å². The second-order valence-electron chi connectivity index (χ2n) is 12.6. The first kappa shape index (κ1) is 24.9. The van der Waals surface area contributed by atoms with Crippen LogP contribution in [0.5, 0.6) is 5.75 Å². The topological polar surface area (TPSA) is 66.8 Å². The van der Waals surface area contributed by atoms with Crippen LogP contribution >= 0.6 is 0 Å². The number of aliphatic hydroxyl groups is 2. The Bertz CT molecular complexity index is 1500. The molecule has 5 aliphatic rings. The van der Waals surface area contributed by atoms with E-state index in [1.165, 1.54) is 27.8 Å². The van der Waals surface area contributed by atoms with Crippen LogP contribution in [0, 0.1) is 28.6 Å². The number of hydrogen-bond acceptors (Lipinski definition) is 4. The van der Waals surface area contributed by atoms with E-state index in [1.807, 2.05) is 18.2 Å². The average Bonchev–Trinajstić information content (AvgIpc) is 3.22. The van der Waals surface area contributed by atoms with Crippen molar-refractivity contribution in [3.63, 3.8) is 0 Å². The van der Waals surface area contributed by atoms with Gasteiger partial charge in [-0.3, -0.25) is 4.79 Å². The highest BCUT2D eigenvalue weighted by Crippen LogP contribution is 2.70. The van der Waals surface area contributed by atoms with E-state index in [4.69, 9.17) is 4.74 Å². The summed E-state index contributed by atoms with van der Waals surface area (Å²) in [6.07, 6.45) is 8.72. The number of fused-ring (bicyclic) bond motifs is 4. The lowest BCUT2D eigenvalue weighted by molar-refractivity contribution is -0.115. The number of hydrogen-bond donors (Lipinski definition) is 2. The van der Waals surface area contributed by atoms with Gasteiger partial charge in [0.25, 0.3) is 0 Å². The van der Waals surface area contributed by atoms with Crippen molar-refractivity contribution >= 4 is 5.78 Å². The molecule has 200 valence electrons.